The Morgan fingerprint density at radius 2 is 1.95 bits per heavy atom. The lowest BCUT2D eigenvalue weighted by Crippen LogP contribution is -2.43. The van der Waals surface area contributed by atoms with Crippen molar-refractivity contribution < 1.29 is 14.3 Å². The molecule has 1 fully saturated rings. The zero-order valence-electron chi connectivity index (χ0n) is 12.6. The molecule has 0 spiro atoms. The maximum absolute atomic E-state index is 12.2. The van der Waals surface area contributed by atoms with Crippen LogP contribution in [0.4, 0.5) is 5.82 Å². The maximum Gasteiger partial charge on any atom is 0.332 e. The van der Waals surface area contributed by atoms with E-state index in [-0.39, 0.29) is 17.3 Å². The fourth-order valence-corrected chi connectivity index (χ4v) is 2.13. The van der Waals surface area contributed by atoms with Crippen molar-refractivity contribution in [3.05, 3.63) is 26.4 Å². The first-order valence-electron chi connectivity index (χ1n) is 7.17. The summed E-state index contributed by atoms with van der Waals surface area (Å²) >= 11 is 0. The van der Waals surface area contributed by atoms with Crippen molar-refractivity contribution in [2.45, 2.75) is 32.7 Å². The molecule has 1 heterocycles. The number of ether oxygens (including phenoxy) is 1. The van der Waals surface area contributed by atoms with Crippen LogP contribution in [0.3, 0.4) is 0 Å². The van der Waals surface area contributed by atoms with Gasteiger partial charge in [-0.15, -0.1) is 0 Å². The molecule has 1 aromatic rings. The highest BCUT2D eigenvalue weighted by Gasteiger charge is 2.32. The van der Waals surface area contributed by atoms with Gasteiger partial charge in [0, 0.05) is 13.6 Å². The number of ketones is 1. The molecule has 120 valence electrons. The predicted molar refractivity (Wildman–Crippen MR) is 78.7 cm³/mol. The predicted octanol–water partition coefficient (Wildman–Crippen LogP) is -0.325. The Hall–Kier alpha value is -2.38. The number of anilines is 1. The van der Waals surface area contributed by atoms with Crippen LogP contribution in [0.25, 0.3) is 0 Å². The summed E-state index contributed by atoms with van der Waals surface area (Å²) in [5.41, 5.74) is 4.15. The normalized spacial score (nSPS) is 13.9. The second-order valence-corrected chi connectivity index (χ2v) is 5.36. The summed E-state index contributed by atoms with van der Waals surface area (Å²) in [6.07, 6.45) is 2.14. The van der Waals surface area contributed by atoms with Gasteiger partial charge in [0.25, 0.3) is 5.56 Å². The fraction of sp³-hybridized carbons (Fsp3) is 0.571. The van der Waals surface area contributed by atoms with Gasteiger partial charge in [0.1, 0.15) is 11.4 Å². The fourth-order valence-electron chi connectivity index (χ4n) is 2.13. The lowest BCUT2D eigenvalue weighted by molar-refractivity contribution is -0.144. The number of nitrogens with two attached hydrogens (primary N) is 1. The number of Topliss-reactive ketones (excluding diaryl/α,β-unsaturated/α-hetero) is 1. The summed E-state index contributed by atoms with van der Waals surface area (Å²) in [6, 6.07) is 0. The van der Waals surface area contributed by atoms with E-state index in [1.165, 1.54) is 11.6 Å². The van der Waals surface area contributed by atoms with Crippen LogP contribution >= 0.6 is 0 Å². The second kappa shape index (κ2) is 6.17. The molecule has 2 rings (SSSR count). The quantitative estimate of drug-likeness (QED) is 0.569. The summed E-state index contributed by atoms with van der Waals surface area (Å²) in [4.78, 5) is 47.7. The van der Waals surface area contributed by atoms with Gasteiger partial charge in [0.05, 0.1) is 5.92 Å². The van der Waals surface area contributed by atoms with Crippen LogP contribution in [0.2, 0.25) is 0 Å². The lowest BCUT2D eigenvalue weighted by Gasteiger charge is -2.13. The molecule has 0 bridgehead atoms. The summed E-state index contributed by atoms with van der Waals surface area (Å²) in [7, 11) is 1.28. The maximum atomic E-state index is 12.2. The Morgan fingerprint density at radius 1 is 1.32 bits per heavy atom. The first-order chi connectivity index (χ1) is 10.4. The number of nitrogens with zero attached hydrogens (tertiary/aromatic N) is 2. The van der Waals surface area contributed by atoms with E-state index in [1.807, 2.05) is 6.92 Å². The number of carbonyl (C=O) groups excluding carboxylic acids is 2. The van der Waals surface area contributed by atoms with Crippen LogP contribution in [0, 0.1) is 5.92 Å². The molecule has 22 heavy (non-hydrogen) atoms. The van der Waals surface area contributed by atoms with E-state index in [0.29, 0.717) is 13.0 Å². The Labute approximate surface area is 126 Å². The average molecular weight is 309 g/mol. The molecular weight excluding hydrogens is 290 g/mol. The van der Waals surface area contributed by atoms with Crippen LogP contribution in [-0.4, -0.2) is 27.5 Å². The third-order valence-electron chi connectivity index (χ3n) is 3.57. The minimum Gasteiger partial charge on any atom is -0.457 e. The van der Waals surface area contributed by atoms with Gasteiger partial charge in [-0.05, 0) is 19.3 Å². The minimum atomic E-state index is -0.776. The van der Waals surface area contributed by atoms with Gasteiger partial charge in [-0.1, -0.05) is 6.92 Å². The van der Waals surface area contributed by atoms with Gasteiger partial charge in [0.2, 0.25) is 5.78 Å². The molecule has 8 nitrogen and oxygen atoms in total. The molecule has 1 aliphatic carbocycles. The Bertz CT molecular complexity index is 727. The highest BCUT2D eigenvalue weighted by molar-refractivity contribution is 6.01. The smallest absolute Gasteiger partial charge is 0.332 e. The van der Waals surface area contributed by atoms with E-state index < -0.39 is 29.6 Å². The Kier molecular flexibility index (Phi) is 4.48. The van der Waals surface area contributed by atoms with Gasteiger partial charge in [0.15, 0.2) is 6.61 Å². The van der Waals surface area contributed by atoms with Crippen LogP contribution in [0.1, 0.15) is 36.5 Å². The third kappa shape index (κ3) is 2.95. The van der Waals surface area contributed by atoms with E-state index >= 15 is 0 Å². The van der Waals surface area contributed by atoms with Crippen LogP contribution in [-0.2, 0) is 23.1 Å². The molecule has 1 aliphatic rings. The summed E-state index contributed by atoms with van der Waals surface area (Å²) in [5, 5.41) is 0. The van der Waals surface area contributed by atoms with Crippen LogP contribution < -0.4 is 17.0 Å². The van der Waals surface area contributed by atoms with Gasteiger partial charge in [-0.25, -0.2) is 4.79 Å². The standard InChI is InChI=1S/C14H19N3O5/c1-3-6-17-11(15)10(12(19)16(2)14(17)21)9(18)7-22-13(20)8-4-5-8/h8H,3-7,15H2,1-2H3. The van der Waals surface area contributed by atoms with E-state index in [1.54, 1.807) is 0 Å². The van der Waals surface area contributed by atoms with Crippen LogP contribution in [0.15, 0.2) is 9.59 Å². The van der Waals surface area contributed by atoms with Crippen molar-refractivity contribution in [2.75, 3.05) is 12.3 Å². The minimum absolute atomic E-state index is 0.137. The lowest BCUT2D eigenvalue weighted by atomic mass is 10.2. The molecular formula is C14H19N3O5. The molecule has 0 saturated heterocycles. The largest absolute Gasteiger partial charge is 0.457 e. The van der Waals surface area contributed by atoms with Crippen molar-refractivity contribution in [2.24, 2.45) is 13.0 Å². The average Bonchev–Trinajstić information content (AvgIpc) is 3.32. The zero-order valence-corrected chi connectivity index (χ0v) is 12.6. The van der Waals surface area contributed by atoms with Crippen molar-refractivity contribution in [3.8, 4) is 0 Å². The zero-order chi connectivity index (χ0) is 16.4. The third-order valence-corrected chi connectivity index (χ3v) is 3.57. The van der Waals surface area contributed by atoms with E-state index in [2.05, 4.69) is 0 Å². The number of carbonyl (C=O) groups is 2. The van der Waals surface area contributed by atoms with Gasteiger partial charge < -0.3 is 10.5 Å². The van der Waals surface area contributed by atoms with Gasteiger partial charge >= 0.3 is 11.7 Å². The van der Waals surface area contributed by atoms with Crippen molar-refractivity contribution in [1.82, 2.24) is 9.13 Å². The number of rotatable bonds is 6. The van der Waals surface area contributed by atoms with Crippen molar-refractivity contribution >= 4 is 17.6 Å². The molecule has 8 heteroatoms. The number of hydrogen-bond donors (Lipinski definition) is 1. The first kappa shape index (κ1) is 16.0. The molecule has 0 radical (unpaired) electrons. The number of aromatic nitrogens is 2. The topological polar surface area (TPSA) is 113 Å². The molecule has 0 aliphatic heterocycles. The molecule has 0 aromatic carbocycles. The summed E-state index contributed by atoms with van der Waals surface area (Å²) in [6.45, 7) is 1.59. The molecule has 1 saturated carbocycles. The second-order valence-electron chi connectivity index (χ2n) is 5.36. The molecule has 0 amide bonds. The SMILES string of the molecule is CCCn1c(N)c(C(=O)COC(=O)C2CC2)c(=O)n(C)c1=O. The van der Waals surface area contributed by atoms with E-state index in [0.717, 1.165) is 17.4 Å². The molecule has 0 unspecified atom stereocenters. The first-order valence-corrected chi connectivity index (χ1v) is 7.17. The molecule has 2 N–H and O–H groups in total. The Balaban J connectivity index is 2.32. The van der Waals surface area contributed by atoms with E-state index in [4.69, 9.17) is 10.5 Å². The van der Waals surface area contributed by atoms with E-state index in [9.17, 15) is 19.2 Å². The Morgan fingerprint density at radius 3 is 2.50 bits per heavy atom. The molecule has 1 aromatic heterocycles. The highest BCUT2D eigenvalue weighted by atomic mass is 16.5. The van der Waals surface area contributed by atoms with Gasteiger partial charge in [-0.2, -0.15) is 0 Å². The van der Waals surface area contributed by atoms with Crippen molar-refractivity contribution in [1.29, 1.82) is 0 Å². The number of nitrogen functional groups attached to an aromatic ring is 1. The summed E-state index contributed by atoms with van der Waals surface area (Å²) in [5.74, 6) is -1.45. The summed E-state index contributed by atoms with van der Waals surface area (Å²) < 4.78 is 6.90. The van der Waals surface area contributed by atoms with Crippen LogP contribution in [0.5, 0.6) is 0 Å². The monoisotopic (exact) mass is 309 g/mol. The number of hydrogen-bond acceptors (Lipinski definition) is 6. The van der Waals surface area contributed by atoms with Crippen molar-refractivity contribution in [3.63, 3.8) is 0 Å². The molecule has 0 atom stereocenters. The number of esters is 1. The highest BCUT2D eigenvalue weighted by Crippen LogP contribution is 2.30. The van der Waals surface area contributed by atoms with Gasteiger partial charge in [-0.3, -0.25) is 23.5 Å².